The molecule has 0 saturated heterocycles. The first-order valence-corrected chi connectivity index (χ1v) is 6.32. The molecule has 0 bridgehead atoms. The maximum Gasteiger partial charge on any atom is 0.303 e. The van der Waals surface area contributed by atoms with E-state index < -0.39 is 6.10 Å². The van der Waals surface area contributed by atoms with Gasteiger partial charge in [-0.15, -0.1) is 0 Å². The number of carbonyl (C=O) groups excluding carboxylic acids is 2. The zero-order chi connectivity index (χ0) is 13.1. The Hall–Kier alpha value is -1.58. The van der Waals surface area contributed by atoms with Gasteiger partial charge in [0.05, 0.1) is 18.4 Å². The van der Waals surface area contributed by atoms with Crippen molar-refractivity contribution in [3.8, 4) is 0 Å². The minimum atomic E-state index is -0.503. The van der Waals surface area contributed by atoms with Gasteiger partial charge in [-0.2, -0.15) is 0 Å². The molecule has 98 valence electrons. The summed E-state index contributed by atoms with van der Waals surface area (Å²) in [7, 11) is 0. The number of carbonyl (C=O) groups is 2. The molecule has 4 heteroatoms. The summed E-state index contributed by atoms with van der Waals surface area (Å²) >= 11 is 0. The van der Waals surface area contributed by atoms with Gasteiger partial charge in [-0.3, -0.25) is 9.59 Å². The van der Waals surface area contributed by atoms with E-state index in [0.29, 0.717) is 0 Å². The zero-order valence-electron chi connectivity index (χ0n) is 10.7. The van der Waals surface area contributed by atoms with Gasteiger partial charge < -0.3 is 9.15 Å². The Morgan fingerprint density at radius 3 is 2.89 bits per heavy atom. The first-order valence-electron chi connectivity index (χ1n) is 6.32. The van der Waals surface area contributed by atoms with Crippen molar-refractivity contribution in [2.24, 2.45) is 11.8 Å². The summed E-state index contributed by atoms with van der Waals surface area (Å²) in [5, 5.41) is 0. The van der Waals surface area contributed by atoms with E-state index in [4.69, 9.17) is 9.15 Å². The number of rotatable bonds is 3. The van der Waals surface area contributed by atoms with E-state index >= 15 is 0 Å². The highest BCUT2D eigenvalue weighted by Crippen LogP contribution is 2.37. The number of ketones is 1. The highest BCUT2D eigenvalue weighted by molar-refractivity contribution is 5.84. The second kappa shape index (κ2) is 5.38. The van der Waals surface area contributed by atoms with Crippen LogP contribution in [0.4, 0.5) is 0 Å². The molecule has 0 amide bonds. The van der Waals surface area contributed by atoms with Crippen LogP contribution in [0.15, 0.2) is 23.0 Å². The molecule has 0 unspecified atom stereocenters. The lowest BCUT2D eigenvalue weighted by Crippen LogP contribution is -2.33. The third-order valence-corrected chi connectivity index (χ3v) is 3.53. The summed E-state index contributed by atoms with van der Waals surface area (Å²) < 4.78 is 10.4. The molecule has 0 aliphatic heterocycles. The summed E-state index contributed by atoms with van der Waals surface area (Å²) in [6, 6.07) is 1.75. The van der Waals surface area contributed by atoms with E-state index in [1.165, 1.54) is 13.2 Å². The largest absolute Gasteiger partial charge is 0.472 e. The van der Waals surface area contributed by atoms with Gasteiger partial charge in [0, 0.05) is 18.4 Å². The first kappa shape index (κ1) is 12.9. The van der Waals surface area contributed by atoms with Gasteiger partial charge in [-0.1, -0.05) is 13.3 Å². The van der Waals surface area contributed by atoms with E-state index in [1.54, 1.807) is 12.3 Å². The van der Waals surface area contributed by atoms with Gasteiger partial charge >= 0.3 is 5.97 Å². The van der Waals surface area contributed by atoms with E-state index in [1.807, 2.05) is 6.92 Å². The number of hydrogen-bond donors (Lipinski definition) is 0. The van der Waals surface area contributed by atoms with Crippen LogP contribution in [0.5, 0.6) is 0 Å². The number of esters is 1. The molecule has 1 aromatic rings. The molecule has 1 aliphatic carbocycles. The number of ether oxygens (including phenoxy) is 1. The fraction of sp³-hybridized carbons (Fsp3) is 0.571. The topological polar surface area (TPSA) is 56.5 Å². The summed E-state index contributed by atoms with van der Waals surface area (Å²) in [4.78, 5) is 23.4. The fourth-order valence-electron chi connectivity index (χ4n) is 2.59. The average Bonchev–Trinajstić information content (AvgIpc) is 2.83. The molecule has 1 heterocycles. The van der Waals surface area contributed by atoms with Gasteiger partial charge in [0.25, 0.3) is 0 Å². The minimum Gasteiger partial charge on any atom is -0.472 e. The van der Waals surface area contributed by atoms with Crippen molar-refractivity contribution in [3.63, 3.8) is 0 Å². The lowest BCUT2D eigenvalue weighted by molar-refractivity contribution is -0.153. The van der Waals surface area contributed by atoms with Crippen molar-refractivity contribution in [2.75, 3.05) is 0 Å². The lowest BCUT2D eigenvalue weighted by Gasteiger charge is -2.30. The van der Waals surface area contributed by atoms with E-state index in [9.17, 15) is 9.59 Å². The third-order valence-electron chi connectivity index (χ3n) is 3.53. The molecular formula is C14H18O4. The molecule has 3 atom stereocenters. The van der Waals surface area contributed by atoms with Crippen molar-refractivity contribution in [3.05, 3.63) is 24.2 Å². The molecule has 0 spiro atoms. The van der Waals surface area contributed by atoms with Gasteiger partial charge in [0.2, 0.25) is 0 Å². The normalized spacial score (nSPS) is 25.8. The number of furan rings is 1. The first-order chi connectivity index (χ1) is 8.59. The maximum atomic E-state index is 12.2. The van der Waals surface area contributed by atoms with Crippen molar-refractivity contribution >= 4 is 11.8 Å². The summed E-state index contributed by atoms with van der Waals surface area (Å²) in [6.07, 6.45) is 5.26. The van der Waals surface area contributed by atoms with E-state index in [0.717, 1.165) is 24.8 Å². The SMILES string of the molecule is CC(=O)O[C@@H](c1ccoc1)[C@@H]1CCC[C@H](C)C1=O. The van der Waals surface area contributed by atoms with E-state index in [2.05, 4.69) is 0 Å². The summed E-state index contributed by atoms with van der Waals surface area (Å²) in [5.41, 5.74) is 0.762. The van der Waals surface area contributed by atoms with Gasteiger partial charge in [-0.25, -0.2) is 0 Å². The van der Waals surface area contributed by atoms with Gasteiger partial charge in [0.15, 0.2) is 0 Å². The Balaban J connectivity index is 2.23. The Kier molecular flexibility index (Phi) is 3.84. The molecule has 0 aromatic carbocycles. The van der Waals surface area contributed by atoms with Crippen LogP contribution in [0.1, 0.15) is 44.8 Å². The van der Waals surface area contributed by atoms with Crippen molar-refractivity contribution in [1.29, 1.82) is 0 Å². The molecule has 0 N–H and O–H groups in total. The maximum absolute atomic E-state index is 12.2. The number of hydrogen-bond acceptors (Lipinski definition) is 4. The van der Waals surface area contributed by atoms with Crippen LogP contribution in [0, 0.1) is 11.8 Å². The second-order valence-corrected chi connectivity index (χ2v) is 4.93. The monoisotopic (exact) mass is 250 g/mol. The molecule has 1 saturated carbocycles. The molecule has 1 aromatic heterocycles. The van der Waals surface area contributed by atoms with Crippen LogP contribution in [0.3, 0.4) is 0 Å². The van der Waals surface area contributed by atoms with E-state index in [-0.39, 0.29) is 23.6 Å². The quantitative estimate of drug-likeness (QED) is 0.774. The minimum absolute atomic E-state index is 0.0497. The molecule has 1 fully saturated rings. The Labute approximate surface area is 106 Å². The van der Waals surface area contributed by atoms with Crippen molar-refractivity contribution in [1.82, 2.24) is 0 Å². The highest BCUT2D eigenvalue weighted by Gasteiger charge is 2.37. The zero-order valence-corrected chi connectivity index (χ0v) is 10.7. The highest BCUT2D eigenvalue weighted by atomic mass is 16.5. The van der Waals surface area contributed by atoms with Gasteiger partial charge in [0.1, 0.15) is 11.9 Å². The fourth-order valence-corrected chi connectivity index (χ4v) is 2.59. The predicted octanol–water partition coefficient (Wildman–Crippen LogP) is 2.89. The molecule has 1 aliphatic rings. The van der Waals surface area contributed by atoms with Crippen molar-refractivity contribution in [2.45, 2.75) is 39.2 Å². The van der Waals surface area contributed by atoms with Gasteiger partial charge in [-0.05, 0) is 18.9 Å². The van der Waals surface area contributed by atoms with Crippen LogP contribution in [0.25, 0.3) is 0 Å². The standard InChI is InChI=1S/C14H18O4/c1-9-4-3-5-12(13(9)16)14(18-10(2)15)11-6-7-17-8-11/h6-9,12,14H,3-5H2,1-2H3/t9-,12+,14-/m0/s1. The molecule has 0 radical (unpaired) electrons. The molecule has 18 heavy (non-hydrogen) atoms. The lowest BCUT2D eigenvalue weighted by atomic mass is 9.77. The summed E-state index contributed by atoms with van der Waals surface area (Å²) in [5.74, 6) is -0.370. The Morgan fingerprint density at radius 1 is 1.50 bits per heavy atom. The van der Waals surface area contributed by atoms with Crippen molar-refractivity contribution < 1.29 is 18.7 Å². The smallest absolute Gasteiger partial charge is 0.303 e. The molecular weight excluding hydrogens is 232 g/mol. The van der Waals surface area contributed by atoms with Crippen LogP contribution in [0.2, 0.25) is 0 Å². The van der Waals surface area contributed by atoms with Crippen LogP contribution >= 0.6 is 0 Å². The second-order valence-electron chi connectivity index (χ2n) is 4.93. The molecule has 4 nitrogen and oxygen atoms in total. The van der Waals surface area contributed by atoms with Crippen LogP contribution in [-0.2, 0) is 14.3 Å². The Bertz CT molecular complexity index is 421. The van der Waals surface area contributed by atoms with Crippen LogP contribution < -0.4 is 0 Å². The summed E-state index contributed by atoms with van der Waals surface area (Å²) in [6.45, 7) is 3.30. The van der Waals surface area contributed by atoms with Crippen LogP contribution in [-0.4, -0.2) is 11.8 Å². The number of Topliss-reactive ketones (excluding diaryl/α,β-unsaturated/α-hetero) is 1. The average molecular weight is 250 g/mol. The Morgan fingerprint density at radius 2 is 2.28 bits per heavy atom. The third kappa shape index (κ3) is 2.63. The molecule has 2 rings (SSSR count). The predicted molar refractivity (Wildman–Crippen MR) is 64.7 cm³/mol.